The molecule has 4 aromatic heterocycles. The number of ether oxygens (including phenoxy) is 1. The molecule has 0 saturated heterocycles. The van der Waals surface area contributed by atoms with Crippen LogP contribution in [0.4, 0.5) is 0 Å². The SMILES string of the molecule is N[C@H](COc1cnc(Cl)c(-c2cc3ccncc3s2)c1)Cc1c[nH]c2ccccc12. The summed E-state index contributed by atoms with van der Waals surface area (Å²) in [5.74, 6) is 0.652. The lowest BCUT2D eigenvalue weighted by molar-refractivity contribution is 0.287. The van der Waals surface area contributed by atoms with Crippen LogP contribution in [-0.2, 0) is 6.42 Å². The summed E-state index contributed by atoms with van der Waals surface area (Å²) in [6, 6.07) is 14.1. The number of hydrogen-bond acceptors (Lipinski definition) is 5. The highest BCUT2D eigenvalue weighted by Gasteiger charge is 2.13. The van der Waals surface area contributed by atoms with E-state index in [9.17, 15) is 0 Å². The maximum Gasteiger partial charge on any atom is 0.138 e. The number of halogens is 1. The highest BCUT2D eigenvalue weighted by atomic mass is 35.5. The van der Waals surface area contributed by atoms with Crippen LogP contribution < -0.4 is 10.5 Å². The number of fused-ring (bicyclic) bond motifs is 2. The van der Waals surface area contributed by atoms with Crippen molar-refractivity contribution < 1.29 is 4.74 Å². The Hall–Kier alpha value is -2.93. The van der Waals surface area contributed by atoms with Gasteiger partial charge in [0.05, 0.1) is 10.9 Å². The second kappa shape index (κ2) is 8.07. The lowest BCUT2D eigenvalue weighted by Crippen LogP contribution is -2.30. The van der Waals surface area contributed by atoms with E-state index in [1.54, 1.807) is 23.7 Å². The third-order valence-electron chi connectivity index (χ3n) is 5.02. The lowest BCUT2D eigenvalue weighted by Gasteiger charge is -2.13. The van der Waals surface area contributed by atoms with Crippen LogP contribution >= 0.6 is 22.9 Å². The van der Waals surface area contributed by atoms with Crippen LogP contribution in [0.2, 0.25) is 5.15 Å². The molecule has 0 aliphatic heterocycles. The fraction of sp³-hybridized carbons (Fsp3) is 0.130. The monoisotopic (exact) mass is 434 g/mol. The van der Waals surface area contributed by atoms with E-state index in [1.165, 1.54) is 10.9 Å². The van der Waals surface area contributed by atoms with Crippen LogP contribution in [0.5, 0.6) is 5.75 Å². The van der Waals surface area contributed by atoms with Gasteiger partial charge in [-0.2, -0.15) is 0 Å². The summed E-state index contributed by atoms with van der Waals surface area (Å²) < 4.78 is 7.06. The molecule has 0 amide bonds. The second-order valence-electron chi connectivity index (χ2n) is 7.17. The summed E-state index contributed by atoms with van der Waals surface area (Å²) in [4.78, 5) is 12.8. The zero-order valence-corrected chi connectivity index (χ0v) is 17.6. The highest BCUT2D eigenvalue weighted by Crippen LogP contribution is 2.37. The molecule has 150 valence electrons. The first-order chi connectivity index (χ1) is 14.7. The van der Waals surface area contributed by atoms with E-state index in [2.05, 4.69) is 33.2 Å². The maximum absolute atomic E-state index is 6.37. The fourth-order valence-corrected chi connectivity index (χ4v) is 4.85. The van der Waals surface area contributed by atoms with Gasteiger partial charge >= 0.3 is 0 Å². The first-order valence-corrected chi connectivity index (χ1v) is 10.8. The summed E-state index contributed by atoms with van der Waals surface area (Å²) in [5, 5.41) is 2.78. The number of nitrogens with zero attached hydrogens (tertiary/aromatic N) is 2. The Kier molecular flexibility index (Phi) is 5.12. The molecule has 1 aromatic carbocycles. The number of aromatic amines is 1. The number of para-hydroxylation sites is 1. The molecular weight excluding hydrogens is 416 g/mol. The van der Waals surface area contributed by atoms with Gasteiger partial charge in [0, 0.05) is 46.0 Å². The first-order valence-electron chi connectivity index (χ1n) is 9.60. The minimum atomic E-state index is -0.140. The second-order valence-corrected chi connectivity index (χ2v) is 8.61. The molecular formula is C23H19ClN4OS. The van der Waals surface area contributed by atoms with Crippen molar-refractivity contribution in [2.24, 2.45) is 5.73 Å². The van der Waals surface area contributed by atoms with Gasteiger partial charge in [-0.05, 0) is 41.6 Å². The molecule has 1 atom stereocenters. The topological polar surface area (TPSA) is 76.8 Å². The third-order valence-corrected chi connectivity index (χ3v) is 6.44. The molecule has 0 aliphatic rings. The fourth-order valence-electron chi connectivity index (χ4n) is 3.54. The molecule has 30 heavy (non-hydrogen) atoms. The normalized spacial score (nSPS) is 12.5. The van der Waals surface area contributed by atoms with E-state index in [-0.39, 0.29) is 6.04 Å². The molecule has 0 saturated carbocycles. The molecule has 0 aliphatic carbocycles. The number of rotatable bonds is 6. The van der Waals surface area contributed by atoms with Gasteiger partial charge in [-0.15, -0.1) is 11.3 Å². The van der Waals surface area contributed by atoms with E-state index in [0.717, 1.165) is 32.5 Å². The van der Waals surface area contributed by atoms with Crippen molar-refractivity contribution in [2.75, 3.05) is 6.61 Å². The zero-order valence-electron chi connectivity index (χ0n) is 16.0. The molecule has 3 N–H and O–H groups in total. The molecule has 5 nitrogen and oxygen atoms in total. The van der Waals surface area contributed by atoms with Gasteiger partial charge in [-0.3, -0.25) is 4.98 Å². The van der Waals surface area contributed by atoms with Crippen molar-refractivity contribution in [3.8, 4) is 16.2 Å². The van der Waals surface area contributed by atoms with Crippen molar-refractivity contribution in [2.45, 2.75) is 12.5 Å². The lowest BCUT2D eigenvalue weighted by atomic mass is 10.1. The molecule has 0 spiro atoms. The Labute approximate surface area is 182 Å². The number of thiophene rings is 1. The summed E-state index contributed by atoms with van der Waals surface area (Å²) in [5.41, 5.74) is 9.50. The molecule has 0 unspecified atom stereocenters. The van der Waals surface area contributed by atoms with Crippen LogP contribution in [0.1, 0.15) is 5.56 Å². The van der Waals surface area contributed by atoms with Gasteiger partial charge in [0.2, 0.25) is 0 Å². The quantitative estimate of drug-likeness (QED) is 0.349. The van der Waals surface area contributed by atoms with Crippen LogP contribution in [0, 0.1) is 0 Å². The molecule has 5 aromatic rings. The third kappa shape index (κ3) is 3.77. The van der Waals surface area contributed by atoms with E-state index in [4.69, 9.17) is 22.1 Å². The Morgan fingerprint density at radius 2 is 2.07 bits per heavy atom. The smallest absolute Gasteiger partial charge is 0.138 e. The molecule has 5 rings (SSSR count). The summed E-state index contributed by atoms with van der Waals surface area (Å²) in [6.07, 6.45) is 8.02. The molecule has 4 heterocycles. The minimum absolute atomic E-state index is 0.140. The number of pyridine rings is 2. The molecule has 0 bridgehead atoms. The van der Waals surface area contributed by atoms with Crippen molar-refractivity contribution in [1.82, 2.24) is 15.0 Å². The molecule has 0 fully saturated rings. The average Bonchev–Trinajstić information content (AvgIpc) is 3.37. The van der Waals surface area contributed by atoms with Crippen LogP contribution in [0.15, 0.2) is 67.3 Å². The van der Waals surface area contributed by atoms with Gasteiger partial charge in [0.15, 0.2) is 0 Å². The first kappa shape index (κ1) is 19.1. The van der Waals surface area contributed by atoms with E-state index < -0.39 is 0 Å². The summed E-state index contributed by atoms with van der Waals surface area (Å²) in [6.45, 7) is 0.387. The van der Waals surface area contributed by atoms with Crippen LogP contribution in [0.25, 0.3) is 31.4 Å². The molecule has 0 radical (unpaired) electrons. The number of benzene rings is 1. The van der Waals surface area contributed by atoms with Gasteiger partial charge in [-0.1, -0.05) is 29.8 Å². The highest BCUT2D eigenvalue weighted by molar-refractivity contribution is 7.22. The Balaban J connectivity index is 1.31. The van der Waals surface area contributed by atoms with Crippen molar-refractivity contribution in [3.05, 3.63) is 78.0 Å². The Morgan fingerprint density at radius 1 is 1.17 bits per heavy atom. The van der Waals surface area contributed by atoms with Gasteiger partial charge in [-0.25, -0.2) is 4.98 Å². The average molecular weight is 435 g/mol. The number of H-pyrrole nitrogens is 1. The minimum Gasteiger partial charge on any atom is -0.490 e. The molecule has 7 heteroatoms. The predicted molar refractivity (Wildman–Crippen MR) is 123 cm³/mol. The summed E-state index contributed by atoms with van der Waals surface area (Å²) in [7, 11) is 0. The van der Waals surface area contributed by atoms with Gasteiger partial charge < -0.3 is 15.5 Å². The van der Waals surface area contributed by atoms with E-state index >= 15 is 0 Å². The van der Waals surface area contributed by atoms with Gasteiger partial charge in [0.1, 0.15) is 17.5 Å². The van der Waals surface area contributed by atoms with Crippen LogP contribution in [0.3, 0.4) is 0 Å². The van der Waals surface area contributed by atoms with Crippen molar-refractivity contribution in [1.29, 1.82) is 0 Å². The number of nitrogens with two attached hydrogens (primary N) is 1. The number of nitrogens with one attached hydrogen (secondary N) is 1. The van der Waals surface area contributed by atoms with E-state index in [0.29, 0.717) is 17.5 Å². The zero-order chi connectivity index (χ0) is 20.5. The van der Waals surface area contributed by atoms with Crippen molar-refractivity contribution >= 4 is 43.9 Å². The standard InChI is InChI=1S/C23H19ClN4OS/c24-23-19(21-8-14-5-6-26-12-22(14)30-21)9-17(11-28-23)29-13-16(25)7-15-10-27-20-4-2-1-3-18(15)20/h1-6,8-12,16,27H,7,13,25H2/t16-/m0/s1. The Bertz CT molecular complexity index is 1300. The number of hydrogen-bond donors (Lipinski definition) is 2. The van der Waals surface area contributed by atoms with Crippen molar-refractivity contribution in [3.63, 3.8) is 0 Å². The Morgan fingerprint density at radius 3 is 2.97 bits per heavy atom. The number of aromatic nitrogens is 3. The van der Waals surface area contributed by atoms with Crippen LogP contribution in [-0.4, -0.2) is 27.6 Å². The summed E-state index contributed by atoms with van der Waals surface area (Å²) >= 11 is 8.00. The maximum atomic E-state index is 6.37. The predicted octanol–water partition coefficient (Wildman–Crippen LogP) is 5.44. The van der Waals surface area contributed by atoms with Gasteiger partial charge in [0.25, 0.3) is 0 Å². The largest absolute Gasteiger partial charge is 0.490 e. The van der Waals surface area contributed by atoms with E-state index in [1.807, 2.05) is 36.7 Å².